The van der Waals surface area contributed by atoms with Crippen LogP contribution >= 0.6 is 0 Å². The Balaban J connectivity index is 2.08. The highest BCUT2D eigenvalue weighted by Crippen LogP contribution is 2.27. The lowest BCUT2D eigenvalue weighted by Gasteiger charge is -2.35. The van der Waals surface area contributed by atoms with Gasteiger partial charge in [-0.25, -0.2) is 4.98 Å². The molecule has 1 saturated carbocycles. The van der Waals surface area contributed by atoms with Gasteiger partial charge in [0.15, 0.2) is 0 Å². The summed E-state index contributed by atoms with van der Waals surface area (Å²) in [6.45, 7) is 1.98. The van der Waals surface area contributed by atoms with Crippen molar-refractivity contribution in [2.45, 2.75) is 38.3 Å². The van der Waals surface area contributed by atoms with Crippen molar-refractivity contribution in [2.24, 2.45) is 5.73 Å². The van der Waals surface area contributed by atoms with Crippen LogP contribution in [0.1, 0.15) is 37.8 Å². The number of aromatic nitrogens is 1. The summed E-state index contributed by atoms with van der Waals surface area (Å²) in [5, 5.41) is 0. The van der Waals surface area contributed by atoms with E-state index in [2.05, 4.69) is 29.1 Å². The SMILES string of the molecule is C[C@@H](N)c1ccc(N(C)C2CCC2)nc1. The molecule has 1 aliphatic carbocycles. The number of anilines is 1. The topological polar surface area (TPSA) is 42.1 Å². The fourth-order valence-electron chi connectivity index (χ4n) is 1.84. The van der Waals surface area contributed by atoms with Crippen LogP contribution in [0, 0.1) is 0 Å². The van der Waals surface area contributed by atoms with Crippen LogP contribution in [0.15, 0.2) is 18.3 Å². The first kappa shape index (κ1) is 10.4. The lowest BCUT2D eigenvalue weighted by molar-refractivity contribution is 0.399. The molecule has 2 N–H and O–H groups in total. The smallest absolute Gasteiger partial charge is 0.128 e. The Hall–Kier alpha value is -1.09. The molecule has 2 rings (SSSR count). The molecule has 1 fully saturated rings. The summed E-state index contributed by atoms with van der Waals surface area (Å²) in [6, 6.07) is 4.90. The van der Waals surface area contributed by atoms with Gasteiger partial charge in [-0.15, -0.1) is 0 Å². The third kappa shape index (κ3) is 2.12. The van der Waals surface area contributed by atoms with Gasteiger partial charge < -0.3 is 10.6 Å². The van der Waals surface area contributed by atoms with Crippen molar-refractivity contribution in [3.05, 3.63) is 23.9 Å². The van der Waals surface area contributed by atoms with Gasteiger partial charge in [0, 0.05) is 25.3 Å². The molecule has 0 unspecified atom stereocenters. The monoisotopic (exact) mass is 205 g/mol. The first-order valence-electron chi connectivity index (χ1n) is 5.63. The Bertz CT molecular complexity index is 314. The molecule has 1 aromatic rings. The average Bonchev–Trinajstić information content (AvgIpc) is 2.15. The maximum absolute atomic E-state index is 5.78. The molecule has 3 heteroatoms. The van der Waals surface area contributed by atoms with Crippen LogP contribution in [0.3, 0.4) is 0 Å². The van der Waals surface area contributed by atoms with Crippen LogP contribution in [0.25, 0.3) is 0 Å². The van der Waals surface area contributed by atoms with Crippen LogP contribution in [0.5, 0.6) is 0 Å². The molecule has 0 radical (unpaired) electrons. The second-order valence-corrected chi connectivity index (χ2v) is 4.43. The highest BCUT2D eigenvalue weighted by Gasteiger charge is 2.22. The van der Waals surface area contributed by atoms with Gasteiger partial charge in [-0.3, -0.25) is 0 Å². The Morgan fingerprint density at radius 3 is 2.60 bits per heavy atom. The molecule has 1 aromatic heterocycles. The third-order valence-electron chi connectivity index (χ3n) is 3.28. The molecule has 1 aliphatic rings. The molecule has 82 valence electrons. The standard InChI is InChI=1S/C12H19N3/c1-9(13)10-6-7-12(14-8-10)15(2)11-4-3-5-11/h6-9,11H,3-5,13H2,1-2H3/t9-/m1/s1. The van der Waals surface area contributed by atoms with E-state index in [-0.39, 0.29) is 6.04 Å². The molecular weight excluding hydrogens is 186 g/mol. The first-order chi connectivity index (χ1) is 7.18. The summed E-state index contributed by atoms with van der Waals surface area (Å²) in [6.07, 6.45) is 5.84. The van der Waals surface area contributed by atoms with Gasteiger partial charge in [0.2, 0.25) is 0 Å². The molecule has 0 amide bonds. The summed E-state index contributed by atoms with van der Waals surface area (Å²) >= 11 is 0. The quantitative estimate of drug-likeness (QED) is 0.821. The molecule has 0 bridgehead atoms. The zero-order chi connectivity index (χ0) is 10.8. The molecule has 1 atom stereocenters. The third-order valence-corrected chi connectivity index (χ3v) is 3.28. The summed E-state index contributed by atoms with van der Waals surface area (Å²) < 4.78 is 0. The molecular formula is C12H19N3. The molecule has 15 heavy (non-hydrogen) atoms. The maximum Gasteiger partial charge on any atom is 0.128 e. The van der Waals surface area contributed by atoms with Crippen molar-refractivity contribution in [1.82, 2.24) is 4.98 Å². The zero-order valence-corrected chi connectivity index (χ0v) is 9.48. The van der Waals surface area contributed by atoms with E-state index in [1.165, 1.54) is 19.3 Å². The van der Waals surface area contributed by atoms with Gasteiger partial charge >= 0.3 is 0 Å². The van der Waals surface area contributed by atoms with Gasteiger partial charge in [0.25, 0.3) is 0 Å². The number of rotatable bonds is 3. The van der Waals surface area contributed by atoms with Crippen LogP contribution < -0.4 is 10.6 Å². The molecule has 0 aliphatic heterocycles. The van der Waals surface area contributed by atoms with Crippen molar-refractivity contribution in [1.29, 1.82) is 0 Å². The Morgan fingerprint density at radius 2 is 2.20 bits per heavy atom. The van der Waals surface area contributed by atoms with E-state index in [1.807, 2.05) is 13.1 Å². The van der Waals surface area contributed by atoms with E-state index in [0.717, 1.165) is 11.4 Å². The van der Waals surface area contributed by atoms with Crippen molar-refractivity contribution in [3.8, 4) is 0 Å². The van der Waals surface area contributed by atoms with E-state index in [4.69, 9.17) is 5.73 Å². The minimum absolute atomic E-state index is 0.0700. The number of pyridine rings is 1. The van der Waals surface area contributed by atoms with Gasteiger partial charge in [0.1, 0.15) is 5.82 Å². The summed E-state index contributed by atoms with van der Waals surface area (Å²) in [5.41, 5.74) is 6.88. The number of nitrogens with zero attached hydrogens (tertiary/aromatic N) is 2. The number of nitrogens with two attached hydrogens (primary N) is 1. The van der Waals surface area contributed by atoms with E-state index < -0.39 is 0 Å². The largest absolute Gasteiger partial charge is 0.357 e. The van der Waals surface area contributed by atoms with Crippen molar-refractivity contribution >= 4 is 5.82 Å². The van der Waals surface area contributed by atoms with E-state index in [0.29, 0.717) is 6.04 Å². The fraction of sp³-hybridized carbons (Fsp3) is 0.583. The first-order valence-corrected chi connectivity index (χ1v) is 5.63. The summed E-state index contributed by atoms with van der Waals surface area (Å²) in [5.74, 6) is 1.06. The van der Waals surface area contributed by atoms with Crippen LogP contribution in [0.4, 0.5) is 5.82 Å². The van der Waals surface area contributed by atoms with Crippen molar-refractivity contribution in [2.75, 3.05) is 11.9 Å². The van der Waals surface area contributed by atoms with Crippen LogP contribution in [-0.2, 0) is 0 Å². The Labute approximate surface area is 91.3 Å². The van der Waals surface area contributed by atoms with Crippen LogP contribution in [0.2, 0.25) is 0 Å². The van der Waals surface area contributed by atoms with Gasteiger partial charge in [-0.2, -0.15) is 0 Å². The average molecular weight is 205 g/mol. The highest BCUT2D eigenvalue weighted by molar-refractivity contribution is 5.40. The van der Waals surface area contributed by atoms with Gasteiger partial charge in [0.05, 0.1) is 0 Å². The molecule has 0 saturated heterocycles. The van der Waals surface area contributed by atoms with Crippen LogP contribution in [-0.4, -0.2) is 18.1 Å². The minimum atomic E-state index is 0.0700. The molecule has 3 nitrogen and oxygen atoms in total. The zero-order valence-electron chi connectivity index (χ0n) is 9.48. The Kier molecular flexibility index (Phi) is 2.91. The van der Waals surface area contributed by atoms with E-state index in [9.17, 15) is 0 Å². The summed E-state index contributed by atoms with van der Waals surface area (Å²) in [7, 11) is 2.12. The predicted molar refractivity (Wildman–Crippen MR) is 62.9 cm³/mol. The maximum atomic E-state index is 5.78. The second kappa shape index (κ2) is 4.19. The fourth-order valence-corrected chi connectivity index (χ4v) is 1.84. The lowest BCUT2D eigenvalue weighted by Crippen LogP contribution is -2.37. The second-order valence-electron chi connectivity index (χ2n) is 4.43. The van der Waals surface area contributed by atoms with E-state index >= 15 is 0 Å². The van der Waals surface area contributed by atoms with Crippen molar-refractivity contribution in [3.63, 3.8) is 0 Å². The number of hydrogen-bond donors (Lipinski definition) is 1. The van der Waals surface area contributed by atoms with Gasteiger partial charge in [-0.1, -0.05) is 6.07 Å². The Morgan fingerprint density at radius 1 is 1.47 bits per heavy atom. The molecule has 0 spiro atoms. The highest BCUT2D eigenvalue weighted by atomic mass is 15.2. The van der Waals surface area contributed by atoms with E-state index in [1.54, 1.807) is 0 Å². The molecule has 1 heterocycles. The normalized spacial score (nSPS) is 18.3. The number of hydrogen-bond acceptors (Lipinski definition) is 3. The van der Waals surface area contributed by atoms with Gasteiger partial charge in [-0.05, 0) is 37.8 Å². The molecule has 0 aromatic carbocycles. The predicted octanol–water partition coefficient (Wildman–Crippen LogP) is 2.09. The lowest BCUT2D eigenvalue weighted by atomic mass is 9.92. The summed E-state index contributed by atoms with van der Waals surface area (Å²) in [4.78, 5) is 6.72. The minimum Gasteiger partial charge on any atom is -0.357 e. The van der Waals surface area contributed by atoms with Crippen molar-refractivity contribution < 1.29 is 0 Å².